The molecule has 7 nitrogen and oxygen atoms in total. The Bertz CT molecular complexity index is 800. The van der Waals surface area contributed by atoms with Gasteiger partial charge in [-0.15, -0.1) is 0 Å². The van der Waals surface area contributed by atoms with Crippen molar-refractivity contribution in [2.75, 3.05) is 20.2 Å². The summed E-state index contributed by atoms with van der Waals surface area (Å²) in [5, 5.41) is 11.3. The van der Waals surface area contributed by atoms with Gasteiger partial charge in [0.05, 0.1) is 25.9 Å². The summed E-state index contributed by atoms with van der Waals surface area (Å²) in [6.45, 7) is 10.4. The van der Waals surface area contributed by atoms with Gasteiger partial charge in [-0.2, -0.15) is 5.10 Å². The van der Waals surface area contributed by atoms with Crippen molar-refractivity contribution < 1.29 is 9.47 Å². The minimum absolute atomic E-state index is 0.0261. The largest absolute Gasteiger partial charge is 0.497 e. The van der Waals surface area contributed by atoms with Gasteiger partial charge in [-0.05, 0) is 38.8 Å². The molecule has 0 amide bonds. The zero-order chi connectivity index (χ0) is 21.2. The molecule has 2 rings (SSSR count). The Labute approximate surface area is 174 Å². The summed E-state index contributed by atoms with van der Waals surface area (Å²) >= 11 is 0. The Hall–Kier alpha value is -2.70. The topological polar surface area (TPSA) is 72.7 Å². The maximum Gasteiger partial charge on any atom is 0.191 e. The van der Waals surface area contributed by atoms with Crippen molar-refractivity contribution >= 4 is 5.96 Å². The molecule has 0 fully saturated rings. The van der Waals surface area contributed by atoms with Crippen LogP contribution in [0.1, 0.15) is 44.6 Å². The van der Waals surface area contributed by atoms with E-state index < -0.39 is 0 Å². The Kier molecular flexibility index (Phi) is 8.83. The van der Waals surface area contributed by atoms with Crippen LogP contribution in [0.5, 0.6) is 11.5 Å². The van der Waals surface area contributed by atoms with Gasteiger partial charge in [0.25, 0.3) is 0 Å². The lowest BCUT2D eigenvalue weighted by Crippen LogP contribution is -2.41. The zero-order valence-electron chi connectivity index (χ0n) is 18.6. The molecule has 2 N–H and O–H groups in total. The molecule has 0 aliphatic carbocycles. The molecule has 0 saturated carbocycles. The summed E-state index contributed by atoms with van der Waals surface area (Å²) in [6, 6.07) is 7.64. The number of guanidine groups is 1. The number of methoxy groups -OCH3 is 1. The van der Waals surface area contributed by atoms with Crippen LogP contribution in [0.25, 0.3) is 0 Å². The Balaban J connectivity index is 2.00. The normalized spacial score (nSPS) is 12.6. The van der Waals surface area contributed by atoms with Crippen molar-refractivity contribution in [2.24, 2.45) is 12.0 Å². The predicted octanol–water partition coefficient (Wildman–Crippen LogP) is 3.08. The fourth-order valence-corrected chi connectivity index (χ4v) is 3.26. The second kappa shape index (κ2) is 11.3. The number of benzene rings is 1. The monoisotopic (exact) mass is 401 g/mol. The maximum atomic E-state index is 5.99. The molecular weight excluding hydrogens is 366 g/mol. The molecule has 2 aromatic rings. The number of nitrogens with zero attached hydrogens (tertiary/aromatic N) is 3. The average Bonchev–Trinajstić information content (AvgIpc) is 3.04. The minimum atomic E-state index is -0.0261. The SMILES string of the molecule is CCNC(=NCc1c(CC)nn(C)c1CC)NCC(C)Oc1cccc(OC)c1. The van der Waals surface area contributed by atoms with Crippen molar-refractivity contribution in [1.29, 1.82) is 0 Å². The van der Waals surface area contributed by atoms with Crippen molar-refractivity contribution in [3.8, 4) is 11.5 Å². The van der Waals surface area contributed by atoms with Gasteiger partial charge in [-0.1, -0.05) is 19.9 Å². The molecule has 0 bridgehead atoms. The lowest BCUT2D eigenvalue weighted by molar-refractivity contribution is 0.223. The summed E-state index contributed by atoms with van der Waals surface area (Å²) in [5.41, 5.74) is 3.60. The average molecular weight is 402 g/mol. The van der Waals surface area contributed by atoms with Gasteiger partial charge in [-0.3, -0.25) is 4.68 Å². The molecule has 1 aromatic heterocycles. The lowest BCUT2D eigenvalue weighted by atomic mass is 10.1. The van der Waals surface area contributed by atoms with Crippen LogP contribution in [0.4, 0.5) is 0 Å². The van der Waals surface area contributed by atoms with E-state index >= 15 is 0 Å². The summed E-state index contributed by atoms with van der Waals surface area (Å²) in [6.07, 6.45) is 1.83. The van der Waals surface area contributed by atoms with Crippen LogP contribution >= 0.6 is 0 Å². The molecule has 0 saturated heterocycles. The molecule has 0 aliphatic heterocycles. The third kappa shape index (κ3) is 6.41. The van der Waals surface area contributed by atoms with E-state index in [4.69, 9.17) is 14.5 Å². The molecule has 0 spiro atoms. The molecule has 29 heavy (non-hydrogen) atoms. The summed E-state index contributed by atoms with van der Waals surface area (Å²) in [5.74, 6) is 2.35. The fourth-order valence-electron chi connectivity index (χ4n) is 3.26. The first-order chi connectivity index (χ1) is 14.0. The molecule has 7 heteroatoms. The van der Waals surface area contributed by atoms with Crippen LogP contribution in [-0.4, -0.2) is 42.0 Å². The van der Waals surface area contributed by atoms with Gasteiger partial charge in [0.1, 0.15) is 17.6 Å². The van der Waals surface area contributed by atoms with Gasteiger partial charge < -0.3 is 20.1 Å². The standard InChI is InChI=1S/C22H35N5O2/c1-7-20-19(21(8-2)27(5)26-20)15-25-22(23-9-3)24-14-16(4)29-18-12-10-11-17(13-18)28-6/h10-13,16H,7-9,14-15H2,1-6H3,(H2,23,24,25). The first kappa shape index (κ1) is 22.6. The van der Waals surface area contributed by atoms with Gasteiger partial charge in [0.2, 0.25) is 0 Å². The highest BCUT2D eigenvalue weighted by molar-refractivity contribution is 5.79. The number of aromatic nitrogens is 2. The zero-order valence-corrected chi connectivity index (χ0v) is 18.6. The third-order valence-corrected chi connectivity index (χ3v) is 4.70. The van der Waals surface area contributed by atoms with Crippen molar-refractivity contribution in [2.45, 2.75) is 53.2 Å². The van der Waals surface area contributed by atoms with E-state index in [1.807, 2.05) is 42.9 Å². The smallest absolute Gasteiger partial charge is 0.191 e. The van der Waals surface area contributed by atoms with Gasteiger partial charge in [-0.25, -0.2) is 4.99 Å². The molecule has 160 valence electrons. The van der Waals surface area contributed by atoms with E-state index in [9.17, 15) is 0 Å². The van der Waals surface area contributed by atoms with E-state index in [0.717, 1.165) is 42.5 Å². The molecule has 0 aliphatic rings. The van der Waals surface area contributed by atoms with Crippen molar-refractivity contribution in [1.82, 2.24) is 20.4 Å². The van der Waals surface area contributed by atoms with E-state index in [0.29, 0.717) is 13.1 Å². The number of ether oxygens (including phenoxy) is 2. The van der Waals surface area contributed by atoms with Crippen molar-refractivity contribution in [3.63, 3.8) is 0 Å². The number of hydrogen-bond donors (Lipinski definition) is 2. The highest BCUT2D eigenvalue weighted by Gasteiger charge is 2.13. The molecule has 1 atom stereocenters. The molecule has 1 unspecified atom stereocenters. The number of nitrogens with one attached hydrogen (secondary N) is 2. The maximum absolute atomic E-state index is 5.99. The van der Waals surface area contributed by atoms with E-state index in [-0.39, 0.29) is 6.10 Å². The van der Waals surface area contributed by atoms with E-state index in [1.54, 1.807) is 7.11 Å². The van der Waals surface area contributed by atoms with Gasteiger partial charge in [0, 0.05) is 30.9 Å². The Morgan fingerprint density at radius 2 is 1.93 bits per heavy atom. The number of aryl methyl sites for hydroxylation is 2. The van der Waals surface area contributed by atoms with Gasteiger partial charge >= 0.3 is 0 Å². The number of aliphatic imine (C=N–C) groups is 1. The van der Waals surface area contributed by atoms with E-state index in [1.165, 1.54) is 11.3 Å². The first-order valence-electron chi connectivity index (χ1n) is 10.4. The summed E-state index contributed by atoms with van der Waals surface area (Å²) < 4.78 is 13.2. The Morgan fingerprint density at radius 1 is 1.17 bits per heavy atom. The molecular formula is C22H35N5O2. The number of hydrogen-bond acceptors (Lipinski definition) is 4. The highest BCUT2D eigenvalue weighted by Crippen LogP contribution is 2.20. The van der Waals surface area contributed by atoms with Crippen LogP contribution in [0.15, 0.2) is 29.3 Å². The first-order valence-corrected chi connectivity index (χ1v) is 10.4. The molecule has 1 aromatic carbocycles. The summed E-state index contributed by atoms with van der Waals surface area (Å²) in [7, 11) is 3.66. The van der Waals surface area contributed by atoms with Crippen LogP contribution in [-0.2, 0) is 26.4 Å². The fraction of sp³-hybridized carbons (Fsp3) is 0.545. The highest BCUT2D eigenvalue weighted by atomic mass is 16.5. The van der Waals surface area contributed by atoms with E-state index in [2.05, 4.69) is 36.5 Å². The van der Waals surface area contributed by atoms with Crippen LogP contribution in [0.3, 0.4) is 0 Å². The summed E-state index contributed by atoms with van der Waals surface area (Å²) in [4.78, 5) is 4.79. The second-order valence-corrected chi connectivity index (χ2v) is 6.89. The van der Waals surface area contributed by atoms with Crippen LogP contribution < -0.4 is 20.1 Å². The lowest BCUT2D eigenvalue weighted by Gasteiger charge is -2.18. The predicted molar refractivity (Wildman–Crippen MR) is 118 cm³/mol. The van der Waals surface area contributed by atoms with Crippen LogP contribution in [0, 0.1) is 0 Å². The van der Waals surface area contributed by atoms with Gasteiger partial charge in [0.15, 0.2) is 5.96 Å². The number of rotatable bonds is 10. The third-order valence-electron chi connectivity index (χ3n) is 4.70. The van der Waals surface area contributed by atoms with Crippen molar-refractivity contribution in [3.05, 3.63) is 41.2 Å². The second-order valence-electron chi connectivity index (χ2n) is 6.89. The minimum Gasteiger partial charge on any atom is -0.497 e. The van der Waals surface area contributed by atoms with Crippen LogP contribution in [0.2, 0.25) is 0 Å². The quantitative estimate of drug-likeness (QED) is 0.473. The molecule has 1 heterocycles. The Morgan fingerprint density at radius 3 is 2.59 bits per heavy atom. The molecule has 0 radical (unpaired) electrons.